The third-order valence-corrected chi connectivity index (χ3v) is 3.60. The van der Waals surface area contributed by atoms with Crippen molar-refractivity contribution in [3.63, 3.8) is 0 Å². The fourth-order valence-corrected chi connectivity index (χ4v) is 2.54. The molecule has 1 heterocycles. The van der Waals surface area contributed by atoms with Crippen LogP contribution in [0.25, 0.3) is 0 Å². The number of rotatable bonds is 5. The SMILES string of the molecule is CC(C)Cn1nnnc1SCc1cccc(C#N)c1F. The highest BCUT2D eigenvalue weighted by molar-refractivity contribution is 7.98. The maximum Gasteiger partial charge on any atom is 0.209 e. The van der Waals surface area contributed by atoms with Crippen molar-refractivity contribution in [1.29, 1.82) is 5.26 Å². The van der Waals surface area contributed by atoms with Crippen molar-refractivity contribution in [2.75, 3.05) is 0 Å². The van der Waals surface area contributed by atoms with E-state index in [9.17, 15) is 4.39 Å². The van der Waals surface area contributed by atoms with Gasteiger partial charge in [-0.05, 0) is 28.0 Å². The van der Waals surface area contributed by atoms with E-state index in [-0.39, 0.29) is 5.56 Å². The first-order chi connectivity index (χ1) is 9.61. The molecule has 0 amide bonds. The van der Waals surface area contributed by atoms with Crippen LogP contribution < -0.4 is 0 Å². The van der Waals surface area contributed by atoms with Gasteiger partial charge in [0.05, 0.1) is 5.56 Å². The average molecular weight is 291 g/mol. The smallest absolute Gasteiger partial charge is 0.209 e. The van der Waals surface area contributed by atoms with E-state index in [0.29, 0.717) is 22.4 Å². The lowest BCUT2D eigenvalue weighted by Gasteiger charge is -2.07. The Hall–Kier alpha value is -1.94. The maximum atomic E-state index is 13.9. The number of thioether (sulfide) groups is 1. The topological polar surface area (TPSA) is 67.4 Å². The summed E-state index contributed by atoms with van der Waals surface area (Å²) >= 11 is 1.36. The Labute approximate surface area is 120 Å². The van der Waals surface area contributed by atoms with E-state index in [0.717, 1.165) is 6.54 Å². The molecule has 0 aliphatic carbocycles. The van der Waals surface area contributed by atoms with Crippen LogP contribution in [0, 0.1) is 23.1 Å². The molecule has 0 bridgehead atoms. The highest BCUT2D eigenvalue weighted by Crippen LogP contribution is 2.23. The number of nitriles is 1. The van der Waals surface area contributed by atoms with Gasteiger partial charge in [-0.2, -0.15) is 5.26 Å². The number of halogens is 1. The second kappa shape index (κ2) is 6.48. The van der Waals surface area contributed by atoms with Crippen LogP contribution in [-0.2, 0) is 12.3 Å². The van der Waals surface area contributed by atoms with E-state index in [1.165, 1.54) is 17.8 Å². The van der Waals surface area contributed by atoms with Crippen LogP contribution in [0.5, 0.6) is 0 Å². The van der Waals surface area contributed by atoms with Crippen molar-refractivity contribution >= 4 is 11.8 Å². The number of benzene rings is 1. The lowest BCUT2D eigenvalue weighted by Crippen LogP contribution is -2.07. The van der Waals surface area contributed by atoms with E-state index in [4.69, 9.17) is 5.26 Å². The van der Waals surface area contributed by atoms with Crippen LogP contribution in [0.2, 0.25) is 0 Å². The van der Waals surface area contributed by atoms with Gasteiger partial charge in [0.25, 0.3) is 0 Å². The lowest BCUT2D eigenvalue weighted by atomic mass is 10.1. The molecule has 5 nitrogen and oxygen atoms in total. The highest BCUT2D eigenvalue weighted by atomic mass is 32.2. The molecule has 0 aliphatic rings. The van der Waals surface area contributed by atoms with E-state index >= 15 is 0 Å². The molecule has 0 saturated heterocycles. The van der Waals surface area contributed by atoms with Gasteiger partial charge in [0.15, 0.2) is 0 Å². The summed E-state index contributed by atoms with van der Waals surface area (Å²) in [6.07, 6.45) is 0. The van der Waals surface area contributed by atoms with Crippen LogP contribution in [0.3, 0.4) is 0 Å². The summed E-state index contributed by atoms with van der Waals surface area (Å²) in [5, 5.41) is 20.9. The second-order valence-corrected chi connectivity index (χ2v) is 5.66. The largest absolute Gasteiger partial charge is 0.220 e. The molecular formula is C13H14FN5S. The van der Waals surface area contributed by atoms with Crippen molar-refractivity contribution in [3.05, 3.63) is 35.1 Å². The van der Waals surface area contributed by atoms with Crippen LogP contribution in [0.4, 0.5) is 4.39 Å². The summed E-state index contributed by atoms with van der Waals surface area (Å²) in [6, 6.07) is 6.64. The molecule has 2 aromatic rings. The van der Waals surface area contributed by atoms with Gasteiger partial charge in [-0.15, -0.1) is 5.10 Å². The van der Waals surface area contributed by atoms with E-state index < -0.39 is 5.82 Å². The lowest BCUT2D eigenvalue weighted by molar-refractivity contribution is 0.445. The fourth-order valence-electron chi connectivity index (χ4n) is 1.68. The normalized spacial score (nSPS) is 10.8. The third kappa shape index (κ3) is 3.33. The van der Waals surface area contributed by atoms with Gasteiger partial charge in [0.1, 0.15) is 11.9 Å². The fraction of sp³-hybridized carbons (Fsp3) is 0.385. The zero-order chi connectivity index (χ0) is 14.5. The van der Waals surface area contributed by atoms with Gasteiger partial charge in [0.2, 0.25) is 5.16 Å². The minimum absolute atomic E-state index is 0.0601. The number of nitrogens with zero attached hydrogens (tertiary/aromatic N) is 5. The minimum atomic E-state index is -0.467. The van der Waals surface area contributed by atoms with Gasteiger partial charge >= 0.3 is 0 Å². The first-order valence-electron chi connectivity index (χ1n) is 6.18. The van der Waals surface area contributed by atoms with Crippen molar-refractivity contribution in [1.82, 2.24) is 20.2 Å². The molecule has 1 aromatic carbocycles. The van der Waals surface area contributed by atoms with Gasteiger partial charge in [0, 0.05) is 12.3 Å². The Morgan fingerprint density at radius 2 is 2.25 bits per heavy atom. The van der Waals surface area contributed by atoms with Gasteiger partial charge < -0.3 is 0 Å². The Bertz CT molecular complexity index is 632. The maximum absolute atomic E-state index is 13.9. The summed E-state index contributed by atoms with van der Waals surface area (Å²) < 4.78 is 15.6. The minimum Gasteiger partial charge on any atom is -0.220 e. The monoisotopic (exact) mass is 291 g/mol. The Kier molecular flexibility index (Phi) is 4.69. The molecule has 0 unspecified atom stereocenters. The molecule has 0 spiro atoms. The molecule has 0 saturated carbocycles. The molecule has 0 radical (unpaired) electrons. The molecule has 7 heteroatoms. The molecule has 0 atom stereocenters. The predicted octanol–water partition coefficient (Wildman–Crippen LogP) is 2.63. The molecule has 0 N–H and O–H groups in total. The van der Waals surface area contributed by atoms with E-state index in [1.807, 2.05) is 6.07 Å². The molecule has 104 valence electrons. The summed E-state index contributed by atoms with van der Waals surface area (Å²) in [7, 11) is 0. The van der Waals surface area contributed by atoms with E-state index in [1.54, 1.807) is 16.8 Å². The molecule has 0 aliphatic heterocycles. The average Bonchev–Trinajstić information content (AvgIpc) is 2.84. The first kappa shape index (κ1) is 14.5. The quantitative estimate of drug-likeness (QED) is 0.792. The van der Waals surface area contributed by atoms with Crippen LogP contribution in [0.15, 0.2) is 23.4 Å². The number of aromatic nitrogens is 4. The summed E-state index contributed by atoms with van der Waals surface area (Å²) in [5.41, 5.74) is 0.540. The van der Waals surface area contributed by atoms with Crippen molar-refractivity contribution in [2.24, 2.45) is 5.92 Å². The van der Waals surface area contributed by atoms with E-state index in [2.05, 4.69) is 29.4 Å². The molecular weight excluding hydrogens is 277 g/mol. The standard InChI is InChI=1S/C13H14FN5S/c1-9(2)7-19-13(16-17-18-19)20-8-11-5-3-4-10(6-15)12(11)14/h3-5,9H,7-8H2,1-2H3. The van der Waals surface area contributed by atoms with Gasteiger partial charge in [-0.3, -0.25) is 0 Å². The van der Waals surface area contributed by atoms with Crippen LogP contribution in [-0.4, -0.2) is 20.2 Å². The van der Waals surface area contributed by atoms with Crippen molar-refractivity contribution < 1.29 is 4.39 Å². The van der Waals surface area contributed by atoms with Crippen molar-refractivity contribution in [3.8, 4) is 6.07 Å². The number of hydrogen-bond donors (Lipinski definition) is 0. The summed E-state index contributed by atoms with van der Waals surface area (Å²) in [4.78, 5) is 0. The zero-order valence-electron chi connectivity index (χ0n) is 11.2. The molecule has 0 fully saturated rings. The predicted molar refractivity (Wildman–Crippen MR) is 73.3 cm³/mol. The molecule has 20 heavy (non-hydrogen) atoms. The summed E-state index contributed by atoms with van der Waals surface area (Å²) in [5.74, 6) is 0.349. The van der Waals surface area contributed by atoms with Gasteiger partial charge in [-0.25, -0.2) is 9.07 Å². The Morgan fingerprint density at radius 3 is 2.95 bits per heavy atom. The summed E-state index contributed by atoms with van der Waals surface area (Å²) in [6.45, 7) is 4.87. The van der Waals surface area contributed by atoms with Crippen LogP contribution >= 0.6 is 11.8 Å². The molecule has 1 aromatic heterocycles. The Balaban J connectivity index is 2.10. The number of hydrogen-bond acceptors (Lipinski definition) is 5. The first-order valence-corrected chi connectivity index (χ1v) is 7.16. The zero-order valence-corrected chi connectivity index (χ0v) is 12.1. The molecule has 2 rings (SSSR count). The van der Waals surface area contributed by atoms with Gasteiger partial charge in [-0.1, -0.05) is 37.7 Å². The van der Waals surface area contributed by atoms with Crippen LogP contribution in [0.1, 0.15) is 25.0 Å². The highest BCUT2D eigenvalue weighted by Gasteiger charge is 2.12. The Morgan fingerprint density at radius 1 is 1.45 bits per heavy atom. The third-order valence-electron chi connectivity index (χ3n) is 2.59. The van der Waals surface area contributed by atoms with Crippen molar-refractivity contribution in [2.45, 2.75) is 31.3 Å². The number of tetrazole rings is 1. The second-order valence-electron chi connectivity index (χ2n) is 4.72.